The van der Waals surface area contributed by atoms with Gasteiger partial charge < -0.3 is 19.5 Å². The van der Waals surface area contributed by atoms with E-state index >= 15 is 0 Å². The summed E-state index contributed by atoms with van der Waals surface area (Å²) < 4.78 is 9.35. The van der Waals surface area contributed by atoms with Crippen LogP contribution in [0, 0.1) is 16.0 Å². The monoisotopic (exact) mass is 447 g/mol. The van der Waals surface area contributed by atoms with Crippen molar-refractivity contribution in [1.29, 1.82) is 0 Å². The van der Waals surface area contributed by atoms with Gasteiger partial charge in [-0.2, -0.15) is 0 Å². The third-order valence-corrected chi connectivity index (χ3v) is 5.20. The maximum Gasteiger partial charge on any atom is 0.344 e. The standard InChI is InChI=1S/C17H19Cl2N3O7/c1-5-21(6-2)12-10-8(7-9(18)20-14(10)19)17(25,16(24)29-4)11(15(23)28-3)13(12)22(26)27/h7,11,25H,5-6H2,1-4H3. The second-order valence-corrected chi connectivity index (χ2v) is 6.78. The molecule has 2 rings (SSSR count). The molecular formula is C17H19Cl2N3O7. The summed E-state index contributed by atoms with van der Waals surface area (Å²) in [7, 11) is 1.95. The lowest BCUT2D eigenvalue weighted by atomic mass is 9.72. The van der Waals surface area contributed by atoms with Crippen molar-refractivity contribution in [1.82, 2.24) is 9.88 Å². The number of carbonyl (C=O) groups is 2. The summed E-state index contributed by atoms with van der Waals surface area (Å²) in [5, 5.41) is 23.0. The molecule has 1 aliphatic carbocycles. The number of aromatic nitrogens is 1. The van der Waals surface area contributed by atoms with Crippen molar-refractivity contribution in [2.75, 3.05) is 27.3 Å². The van der Waals surface area contributed by atoms with Gasteiger partial charge in [-0.25, -0.2) is 9.78 Å². The maximum absolute atomic E-state index is 12.6. The van der Waals surface area contributed by atoms with Gasteiger partial charge in [0.1, 0.15) is 16.0 Å². The molecule has 10 nitrogen and oxygen atoms in total. The Balaban J connectivity index is 3.14. The third-order valence-electron chi connectivity index (χ3n) is 4.74. The fraction of sp³-hybridized carbons (Fsp3) is 0.471. The first-order valence-corrected chi connectivity index (χ1v) is 9.24. The second-order valence-electron chi connectivity index (χ2n) is 6.04. The number of rotatable bonds is 6. The molecule has 0 aliphatic heterocycles. The van der Waals surface area contributed by atoms with Crippen LogP contribution in [0.1, 0.15) is 25.0 Å². The molecule has 0 fully saturated rings. The molecular weight excluding hydrogens is 429 g/mol. The molecule has 0 amide bonds. The Labute approximate surface area is 176 Å². The molecule has 0 aromatic carbocycles. The number of halogens is 2. The normalized spacial score (nSPS) is 20.7. The van der Waals surface area contributed by atoms with Crippen molar-refractivity contribution in [2.45, 2.75) is 19.4 Å². The van der Waals surface area contributed by atoms with Gasteiger partial charge in [0.2, 0.25) is 5.60 Å². The number of aliphatic hydroxyl groups is 1. The molecule has 1 heterocycles. The smallest absolute Gasteiger partial charge is 0.344 e. The molecule has 158 valence electrons. The van der Waals surface area contributed by atoms with E-state index in [9.17, 15) is 24.8 Å². The summed E-state index contributed by atoms with van der Waals surface area (Å²) in [6, 6.07) is 1.12. The van der Waals surface area contributed by atoms with Gasteiger partial charge in [0.05, 0.1) is 19.1 Å². The summed E-state index contributed by atoms with van der Waals surface area (Å²) in [4.78, 5) is 41.9. The topological polar surface area (TPSA) is 132 Å². The number of nitro groups is 1. The van der Waals surface area contributed by atoms with E-state index in [0.29, 0.717) is 13.1 Å². The van der Waals surface area contributed by atoms with E-state index in [1.807, 2.05) is 0 Å². The average Bonchev–Trinajstić information content (AvgIpc) is 2.68. The second kappa shape index (κ2) is 8.52. The lowest BCUT2D eigenvalue weighted by Gasteiger charge is -2.39. The number of pyridine rings is 1. The highest BCUT2D eigenvalue weighted by Gasteiger charge is 2.63. The Kier molecular flexibility index (Phi) is 6.71. The Hall–Kier alpha value is -2.43. The average molecular weight is 448 g/mol. The molecule has 0 saturated heterocycles. The highest BCUT2D eigenvalue weighted by molar-refractivity contribution is 6.34. The van der Waals surface area contributed by atoms with Gasteiger partial charge in [-0.3, -0.25) is 14.9 Å². The Morgan fingerprint density at radius 3 is 2.34 bits per heavy atom. The summed E-state index contributed by atoms with van der Waals surface area (Å²) in [6.07, 6.45) is 0. The number of ether oxygens (including phenoxy) is 2. The molecule has 1 aromatic heterocycles. The van der Waals surface area contributed by atoms with Crippen LogP contribution in [0.5, 0.6) is 0 Å². The SMILES string of the molecule is CCN(CC)C1=C([N+](=O)[O-])C(C(=O)OC)C(O)(C(=O)OC)c2cc(Cl)nc(Cl)c21. The molecule has 1 N–H and O–H groups in total. The van der Waals surface area contributed by atoms with Gasteiger partial charge in [0.15, 0.2) is 5.92 Å². The molecule has 1 aromatic rings. The number of hydrogen-bond acceptors (Lipinski definition) is 9. The first-order valence-electron chi connectivity index (χ1n) is 8.48. The largest absolute Gasteiger partial charge is 0.468 e. The molecule has 1 aliphatic rings. The fourth-order valence-electron chi connectivity index (χ4n) is 3.46. The van der Waals surface area contributed by atoms with Crippen LogP contribution in [0.3, 0.4) is 0 Å². The first kappa shape index (κ1) is 22.9. The van der Waals surface area contributed by atoms with Crippen LogP contribution in [0.25, 0.3) is 5.70 Å². The molecule has 0 bridgehead atoms. The summed E-state index contributed by atoms with van der Waals surface area (Å²) in [5.74, 6) is -4.55. The lowest BCUT2D eigenvalue weighted by Crippen LogP contribution is -2.53. The predicted molar refractivity (Wildman–Crippen MR) is 103 cm³/mol. The van der Waals surface area contributed by atoms with Crippen molar-refractivity contribution >= 4 is 40.8 Å². The Bertz CT molecular complexity index is 901. The van der Waals surface area contributed by atoms with Crippen LogP contribution in [-0.4, -0.2) is 59.2 Å². The highest BCUT2D eigenvalue weighted by atomic mass is 35.5. The Morgan fingerprint density at radius 1 is 1.31 bits per heavy atom. The molecule has 12 heteroatoms. The van der Waals surface area contributed by atoms with E-state index in [-0.39, 0.29) is 27.1 Å². The van der Waals surface area contributed by atoms with Gasteiger partial charge in [-0.1, -0.05) is 23.2 Å². The number of esters is 2. The van der Waals surface area contributed by atoms with E-state index in [1.54, 1.807) is 18.7 Å². The lowest BCUT2D eigenvalue weighted by molar-refractivity contribution is -0.436. The number of methoxy groups -OCH3 is 2. The zero-order valence-corrected chi connectivity index (χ0v) is 17.6. The number of hydrogen-bond donors (Lipinski definition) is 1. The van der Waals surface area contributed by atoms with Crippen molar-refractivity contribution in [2.24, 2.45) is 5.92 Å². The number of carbonyl (C=O) groups excluding carboxylic acids is 2. The van der Waals surface area contributed by atoms with E-state index in [4.69, 9.17) is 23.2 Å². The van der Waals surface area contributed by atoms with Crippen LogP contribution >= 0.6 is 23.2 Å². The summed E-state index contributed by atoms with van der Waals surface area (Å²) >= 11 is 12.2. The van der Waals surface area contributed by atoms with Crippen LogP contribution in [-0.2, 0) is 24.7 Å². The zero-order valence-electron chi connectivity index (χ0n) is 16.1. The van der Waals surface area contributed by atoms with Gasteiger partial charge in [0.25, 0.3) is 5.70 Å². The minimum Gasteiger partial charge on any atom is -0.468 e. The van der Waals surface area contributed by atoms with Crippen LogP contribution in [0.15, 0.2) is 11.8 Å². The van der Waals surface area contributed by atoms with Crippen LogP contribution in [0.4, 0.5) is 0 Å². The quantitative estimate of drug-likeness (QED) is 0.300. The third kappa shape index (κ3) is 3.52. The minimum absolute atomic E-state index is 0.0619. The molecule has 0 radical (unpaired) electrons. The van der Waals surface area contributed by atoms with Crippen molar-refractivity contribution in [3.05, 3.63) is 43.3 Å². The minimum atomic E-state index is -2.81. The van der Waals surface area contributed by atoms with Gasteiger partial charge in [0, 0.05) is 24.2 Å². The molecule has 2 atom stereocenters. The van der Waals surface area contributed by atoms with Crippen LogP contribution < -0.4 is 0 Å². The highest BCUT2D eigenvalue weighted by Crippen LogP contribution is 2.50. The van der Waals surface area contributed by atoms with E-state index in [1.165, 1.54) is 0 Å². The summed E-state index contributed by atoms with van der Waals surface area (Å²) in [5.41, 5.74) is -3.95. The van der Waals surface area contributed by atoms with Crippen molar-refractivity contribution in [3.8, 4) is 0 Å². The fourth-order valence-corrected chi connectivity index (χ4v) is 3.98. The van der Waals surface area contributed by atoms with E-state index in [0.717, 1.165) is 20.3 Å². The molecule has 0 saturated carbocycles. The molecule has 2 unspecified atom stereocenters. The first-order chi connectivity index (χ1) is 13.6. The zero-order chi connectivity index (χ0) is 22.1. The van der Waals surface area contributed by atoms with Gasteiger partial charge in [-0.05, 0) is 19.9 Å². The van der Waals surface area contributed by atoms with E-state index < -0.39 is 34.1 Å². The van der Waals surface area contributed by atoms with Crippen LogP contribution in [0.2, 0.25) is 10.3 Å². The maximum atomic E-state index is 12.6. The Morgan fingerprint density at radius 2 is 1.90 bits per heavy atom. The predicted octanol–water partition coefficient (Wildman–Crippen LogP) is 1.84. The summed E-state index contributed by atoms with van der Waals surface area (Å²) in [6.45, 7) is 4.07. The van der Waals surface area contributed by atoms with Crippen molar-refractivity contribution in [3.63, 3.8) is 0 Å². The number of fused-ring (bicyclic) bond motifs is 1. The molecule has 29 heavy (non-hydrogen) atoms. The number of nitrogens with zero attached hydrogens (tertiary/aromatic N) is 3. The molecule has 0 spiro atoms. The van der Waals surface area contributed by atoms with Crippen molar-refractivity contribution < 1.29 is 29.1 Å². The van der Waals surface area contributed by atoms with Gasteiger partial charge in [-0.15, -0.1) is 0 Å². The van der Waals surface area contributed by atoms with Gasteiger partial charge >= 0.3 is 11.9 Å². The van der Waals surface area contributed by atoms with E-state index in [2.05, 4.69) is 14.5 Å².